The molecule has 1 saturated heterocycles. The smallest absolute Gasteiger partial charge is 0.351 e. The summed E-state index contributed by atoms with van der Waals surface area (Å²) in [4.78, 5) is 55.5. The molecule has 208 valence electrons. The van der Waals surface area contributed by atoms with Crippen molar-refractivity contribution in [2.45, 2.75) is 24.5 Å². The normalized spacial score (nSPS) is 19.7. The molecule has 4 atom stereocenters. The number of esters is 3. The molecule has 41 heavy (non-hydrogen) atoms. The lowest BCUT2D eigenvalue weighted by Crippen LogP contribution is -2.42. The standard InChI is InChI=1S/C30H25N3O8/c31-23-16-17-33(30(37)32-23)26-25(41-29(36)21-14-8-3-9-15-21)24(40-28(35)20-12-6-2-7-13-20)22(39-26)18-38-27(34)19-10-4-1-5-11-19/h1-17,22,24-26H,18H2,(H2,31,32,37)/t22-,24-,25?,26-/m1/s1. The Balaban J connectivity index is 1.49. The first-order valence-corrected chi connectivity index (χ1v) is 12.6. The average Bonchev–Trinajstić information content (AvgIpc) is 3.33. The molecule has 2 N–H and O–H groups in total. The molecule has 0 saturated carbocycles. The second kappa shape index (κ2) is 12.3. The minimum absolute atomic E-state index is 0.0255. The van der Waals surface area contributed by atoms with Crippen molar-refractivity contribution in [1.29, 1.82) is 0 Å². The number of nitrogens with zero attached hydrogens (tertiary/aromatic N) is 2. The van der Waals surface area contributed by atoms with E-state index < -0.39 is 48.1 Å². The van der Waals surface area contributed by atoms with Crippen LogP contribution in [0.15, 0.2) is 108 Å². The first-order valence-electron chi connectivity index (χ1n) is 12.6. The van der Waals surface area contributed by atoms with E-state index in [1.807, 2.05) is 0 Å². The summed E-state index contributed by atoms with van der Waals surface area (Å²) >= 11 is 0. The van der Waals surface area contributed by atoms with Gasteiger partial charge in [-0.25, -0.2) is 19.2 Å². The highest BCUT2D eigenvalue weighted by molar-refractivity contribution is 5.91. The van der Waals surface area contributed by atoms with E-state index >= 15 is 0 Å². The first-order chi connectivity index (χ1) is 19.9. The maximum Gasteiger partial charge on any atom is 0.351 e. The van der Waals surface area contributed by atoms with E-state index in [-0.39, 0.29) is 23.6 Å². The molecular formula is C30H25N3O8. The van der Waals surface area contributed by atoms with E-state index in [2.05, 4.69) is 4.98 Å². The lowest BCUT2D eigenvalue weighted by Gasteiger charge is -2.25. The zero-order valence-corrected chi connectivity index (χ0v) is 21.6. The number of anilines is 1. The maximum absolute atomic E-state index is 13.1. The van der Waals surface area contributed by atoms with Crippen molar-refractivity contribution in [3.8, 4) is 0 Å². The monoisotopic (exact) mass is 555 g/mol. The molecule has 0 radical (unpaired) electrons. The minimum atomic E-state index is -1.33. The van der Waals surface area contributed by atoms with Gasteiger partial charge in [0, 0.05) is 6.20 Å². The van der Waals surface area contributed by atoms with Gasteiger partial charge < -0.3 is 24.7 Å². The van der Waals surface area contributed by atoms with Crippen LogP contribution < -0.4 is 11.4 Å². The number of nitrogen functional groups attached to an aromatic ring is 1. The molecular weight excluding hydrogens is 530 g/mol. The summed E-state index contributed by atoms with van der Waals surface area (Å²) in [6.45, 7) is -0.381. The van der Waals surface area contributed by atoms with Gasteiger partial charge in [0.25, 0.3) is 0 Å². The Bertz CT molecular complexity index is 1580. The van der Waals surface area contributed by atoms with Gasteiger partial charge in [-0.2, -0.15) is 4.98 Å². The highest BCUT2D eigenvalue weighted by Gasteiger charge is 2.51. The van der Waals surface area contributed by atoms with Crippen LogP contribution in [-0.4, -0.2) is 52.4 Å². The second-order valence-electron chi connectivity index (χ2n) is 9.04. The molecule has 3 aromatic carbocycles. The van der Waals surface area contributed by atoms with Gasteiger partial charge in [0.2, 0.25) is 0 Å². The number of rotatable bonds is 8. The number of hydrogen-bond acceptors (Lipinski definition) is 10. The van der Waals surface area contributed by atoms with E-state index in [4.69, 9.17) is 24.7 Å². The minimum Gasteiger partial charge on any atom is -0.459 e. The number of aromatic nitrogens is 2. The molecule has 1 aliphatic rings. The molecule has 11 heteroatoms. The van der Waals surface area contributed by atoms with Gasteiger partial charge in [-0.1, -0.05) is 54.6 Å². The summed E-state index contributed by atoms with van der Waals surface area (Å²) in [6, 6.07) is 26.0. The number of carbonyl (C=O) groups excluding carboxylic acids is 3. The predicted molar refractivity (Wildman–Crippen MR) is 145 cm³/mol. The summed E-state index contributed by atoms with van der Waals surface area (Å²) in [5, 5.41) is 0. The van der Waals surface area contributed by atoms with Crippen LogP contribution in [0.3, 0.4) is 0 Å². The number of benzene rings is 3. The molecule has 0 amide bonds. The molecule has 4 aromatic rings. The predicted octanol–water partition coefficient (Wildman–Crippen LogP) is 3.03. The van der Waals surface area contributed by atoms with Crippen LogP contribution in [0.5, 0.6) is 0 Å². The van der Waals surface area contributed by atoms with Crippen LogP contribution in [0.2, 0.25) is 0 Å². The quantitative estimate of drug-likeness (QED) is 0.254. The largest absolute Gasteiger partial charge is 0.459 e. The van der Waals surface area contributed by atoms with Crippen molar-refractivity contribution in [3.63, 3.8) is 0 Å². The van der Waals surface area contributed by atoms with Crippen LogP contribution in [0.1, 0.15) is 37.3 Å². The van der Waals surface area contributed by atoms with Crippen molar-refractivity contribution < 1.29 is 33.3 Å². The summed E-state index contributed by atoms with van der Waals surface area (Å²) in [5.41, 5.74) is 5.63. The fourth-order valence-electron chi connectivity index (χ4n) is 4.30. The molecule has 1 aromatic heterocycles. The molecule has 1 fully saturated rings. The molecule has 0 aliphatic carbocycles. The Morgan fingerprint density at radius 1 is 0.732 bits per heavy atom. The second-order valence-corrected chi connectivity index (χ2v) is 9.04. The van der Waals surface area contributed by atoms with Crippen molar-refractivity contribution >= 4 is 23.7 Å². The zero-order valence-electron chi connectivity index (χ0n) is 21.6. The van der Waals surface area contributed by atoms with Crippen LogP contribution in [0.4, 0.5) is 5.82 Å². The Morgan fingerprint density at radius 3 is 1.73 bits per heavy atom. The van der Waals surface area contributed by atoms with Crippen molar-refractivity contribution in [2.24, 2.45) is 0 Å². The summed E-state index contributed by atoms with van der Waals surface area (Å²) in [7, 11) is 0. The third kappa shape index (κ3) is 6.31. The van der Waals surface area contributed by atoms with Gasteiger partial charge >= 0.3 is 23.6 Å². The lowest BCUT2D eigenvalue weighted by atomic mass is 10.1. The first kappa shape index (κ1) is 27.3. The number of hydrogen-bond donors (Lipinski definition) is 1. The van der Waals surface area contributed by atoms with Gasteiger partial charge in [-0.05, 0) is 42.5 Å². The average molecular weight is 556 g/mol. The van der Waals surface area contributed by atoms with Gasteiger partial charge in [0.05, 0.1) is 16.7 Å². The third-order valence-corrected chi connectivity index (χ3v) is 6.30. The number of ether oxygens (including phenoxy) is 4. The van der Waals surface area contributed by atoms with Gasteiger partial charge in [-0.15, -0.1) is 0 Å². The third-order valence-electron chi connectivity index (χ3n) is 6.30. The van der Waals surface area contributed by atoms with Crippen molar-refractivity contribution in [3.05, 3.63) is 130 Å². The van der Waals surface area contributed by atoms with Crippen molar-refractivity contribution in [2.75, 3.05) is 12.3 Å². The topological polar surface area (TPSA) is 149 Å². The van der Waals surface area contributed by atoms with Crippen LogP contribution in [0, 0.1) is 0 Å². The Hall–Kier alpha value is -5.29. The van der Waals surface area contributed by atoms with Crippen LogP contribution >= 0.6 is 0 Å². The number of carbonyl (C=O) groups is 3. The maximum atomic E-state index is 13.1. The van der Waals surface area contributed by atoms with Crippen LogP contribution in [-0.2, 0) is 18.9 Å². The Kier molecular flexibility index (Phi) is 8.16. The zero-order chi connectivity index (χ0) is 28.8. The fraction of sp³-hybridized carbons (Fsp3) is 0.167. The number of nitrogens with two attached hydrogens (primary N) is 1. The molecule has 5 rings (SSSR count). The summed E-state index contributed by atoms with van der Waals surface area (Å²) in [6.07, 6.45) is -3.71. The molecule has 11 nitrogen and oxygen atoms in total. The van der Waals surface area contributed by atoms with Crippen molar-refractivity contribution in [1.82, 2.24) is 9.55 Å². The van der Waals surface area contributed by atoms with E-state index in [0.29, 0.717) is 5.56 Å². The van der Waals surface area contributed by atoms with Gasteiger partial charge in [0.15, 0.2) is 18.4 Å². The summed E-state index contributed by atoms with van der Waals surface area (Å²) in [5.74, 6) is -2.15. The van der Waals surface area contributed by atoms with E-state index in [1.165, 1.54) is 12.3 Å². The lowest BCUT2D eigenvalue weighted by molar-refractivity contribution is -0.0639. The van der Waals surface area contributed by atoms with Gasteiger partial charge in [-0.3, -0.25) is 4.57 Å². The van der Waals surface area contributed by atoms with E-state index in [9.17, 15) is 19.2 Å². The molecule has 1 unspecified atom stereocenters. The molecule has 1 aliphatic heterocycles. The van der Waals surface area contributed by atoms with E-state index in [0.717, 1.165) is 4.57 Å². The molecule has 2 heterocycles. The highest BCUT2D eigenvalue weighted by atomic mass is 16.7. The SMILES string of the molecule is Nc1ccn([C@@H]2O[C@H](COC(=O)c3ccccc3)[C@@H](OC(=O)c3ccccc3)C2OC(=O)c2ccccc2)c(=O)n1. The Morgan fingerprint density at radius 2 is 1.22 bits per heavy atom. The van der Waals surface area contributed by atoms with Gasteiger partial charge in [0.1, 0.15) is 18.5 Å². The highest BCUT2D eigenvalue weighted by Crippen LogP contribution is 2.34. The van der Waals surface area contributed by atoms with Crippen LogP contribution in [0.25, 0.3) is 0 Å². The Labute approximate surface area is 234 Å². The summed E-state index contributed by atoms with van der Waals surface area (Å²) < 4.78 is 24.3. The molecule has 0 spiro atoms. The fourth-order valence-corrected chi connectivity index (χ4v) is 4.30. The van der Waals surface area contributed by atoms with E-state index in [1.54, 1.807) is 91.0 Å². The molecule has 0 bridgehead atoms.